The molecule has 0 bridgehead atoms. The quantitative estimate of drug-likeness (QED) is 0.837. The van der Waals surface area contributed by atoms with E-state index < -0.39 is 21.1 Å². The maximum absolute atomic E-state index is 9.30. The first kappa shape index (κ1) is 12.1. The Balaban J connectivity index is 2.25. The second-order valence-corrected chi connectivity index (χ2v) is 8.00. The van der Waals surface area contributed by atoms with Crippen molar-refractivity contribution in [2.24, 2.45) is 0 Å². The first-order valence-corrected chi connectivity index (χ1v) is 9.53. The van der Waals surface area contributed by atoms with E-state index in [0.717, 1.165) is 6.54 Å². The van der Waals surface area contributed by atoms with Crippen LogP contribution in [-0.4, -0.2) is 37.9 Å². The predicted octanol–water partition coefficient (Wildman–Crippen LogP) is 1.58. The van der Waals surface area contributed by atoms with Crippen LogP contribution in [0.15, 0.2) is 42.5 Å². The van der Waals surface area contributed by atoms with E-state index in [1.54, 1.807) is 0 Å². The molecule has 0 spiro atoms. The fraction of sp³-hybridized carbons (Fsp3) is 0.200. The molecule has 0 saturated heterocycles. The Bertz CT molecular complexity index is 582. The van der Waals surface area contributed by atoms with E-state index in [1.165, 1.54) is 26.0 Å². The summed E-state index contributed by atoms with van der Waals surface area (Å²) in [6, 6.07) is 15.1. The van der Waals surface area contributed by atoms with Gasteiger partial charge in [-0.05, 0) is 0 Å². The normalized spacial score (nSPS) is 13.1. The van der Waals surface area contributed by atoms with Gasteiger partial charge in [0, 0.05) is 0 Å². The standard InChI is InChI=1S/C14H12N.CH3O.Sn/c1-15-10-11-6-2-3-7-12(11)13-8-4-5-9-14(13)15;1-2;/h2-7,9H,10H2,1H3;2H,1H2;. The number of fused-ring (bicyclic) bond motifs is 3. The molecule has 0 amide bonds. The van der Waals surface area contributed by atoms with Gasteiger partial charge in [-0.1, -0.05) is 0 Å². The second-order valence-electron chi connectivity index (χ2n) is 4.55. The summed E-state index contributed by atoms with van der Waals surface area (Å²) in [6.45, 7) is 0.969. The van der Waals surface area contributed by atoms with Crippen LogP contribution in [0.1, 0.15) is 5.56 Å². The molecule has 1 aliphatic heterocycles. The number of hydrogen-bond acceptors (Lipinski definition) is 2. The summed E-state index contributed by atoms with van der Waals surface area (Å²) in [7, 11) is 2.14. The van der Waals surface area contributed by atoms with Gasteiger partial charge in [0.1, 0.15) is 0 Å². The molecule has 0 fully saturated rings. The van der Waals surface area contributed by atoms with Crippen molar-refractivity contribution in [1.82, 2.24) is 0 Å². The fourth-order valence-corrected chi connectivity index (χ4v) is 4.97. The van der Waals surface area contributed by atoms with Crippen molar-refractivity contribution in [3.63, 3.8) is 0 Å². The molecule has 2 nitrogen and oxygen atoms in total. The van der Waals surface area contributed by atoms with Crippen LogP contribution in [0.4, 0.5) is 5.69 Å². The van der Waals surface area contributed by atoms with Crippen LogP contribution in [0, 0.1) is 0 Å². The van der Waals surface area contributed by atoms with Crippen LogP contribution in [0.3, 0.4) is 0 Å². The number of nitrogens with zero attached hydrogens (tertiary/aromatic N) is 1. The molecule has 1 N–H and O–H groups in total. The minimum absolute atomic E-state index is 0.367. The Morgan fingerprint density at radius 3 is 2.83 bits per heavy atom. The molecule has 0 aliphatic carbocycles. The molecule has 1 aliphatic rings. The molecule has 0 atom stereocenters. The van der Waals surface area contributed by atoms with Gasteiger partial charge in [-0.3, -0.25) is 0 Å². The summed E-state index contributed by atoms with van der Waals surface area (Å²) >= 11 is -0.859. The monoisotopic (exact) mass is 345 g/mol. The molecular weight excluding hydrogens is 329 g/mol. The van der Waals surface area contributed by atoms with Crippen molar-refractivity contribution >= 4 is 30.4 Å². The Morgan fingerprint density at radius 2 is 2.00 bits per heavy atom. The minimum atomic E-state index is -0.859. The third-order valence-electron chi connectivity index (χ3n) is 3.42. The summed E-state index contributed by atoms with van der Waals surface area (Å²) in [5.74, 6) is 0. The molecule has 1 heterocycles. The third kappa shape index (κ3) is 1.93. The molecule has 0 saturated carbocycles. The van der Waals surface area contributed by atoms with Gasteiger partial charge < -0.3 is 0 Å². The van der Waals surface area contributed by atoms with E-state index in [9.17, 15) is 5.11 Å². The second kappa shape index (κ2) is 4.94. The summed E-state index contributed by atoms with van der Waals surface area (Å²) in [5.41, 5.74) is 5.41. The van der Waals surface area contributed by atoms with Gasteiger partial charge in [-0.15, -0.1) is 0 Å². The van der Waals surface area contributed by atoms with Crippen molar-refractivity contribution in [2.45, 2.75) is 6.54 Å². The van der Waals surface area contributed by atoms with E-state index >= 15 is 0 Å². The van der Waals surface area contributed by atoms with Crippen LogP contribution < -0.4 is 8.48 Å². The van der Waals surface area contributed by atoms with E-state index in [2.05, 4.69) is 54.4 Å². The molecule has 3 heteroatoms. The van der Waals surface area contributed by atoms with Crippen LogP contribution in [-0.2, 0) is 6.54 Å². The first-order chi connectivity index (χ1) is 8.81. The van der Waals surface area contributed by atoms with Gasteiger partial charge in [0.25, 0.3) is 0 Å². The summed E-state index contributed by atoms with van der Waals surface area (Å²) in [4.78, 5) is 2.30. The molecular formula is C15H15NOSn. The van der Waals surface area contributed by atoms with E-state index in [4.69, 9.17) is 0 Å². The van der Waals surface area contributed by atoms with Crippen molar-refractivity contribution in [3.8, 4) is 11.1 Å². The molecule has 3 rings (SSSR count). The van der Waals surface area contributed by atoms with E-state index in [-0.39, 0.29) is 0 Å². The molecule has 90 valence electrons. The zero-order chi connectivity index (χ0) is 12.5. The molecule has 18 heavy (non-hydrogen) atoms. The van der Waals surface area contributed by atoms with E-state index in [0.29, 0.717) is 4.62 Å². The average molecular weight is 344 g/mol. The Morgan fingerprint density at radius 1 is 1.17 bits per heavy atom. The summed E-state index contributed by atoms with van der Waals surface area (Å²) in [5, 5.41) is 9.30. The van der Waals surface area contributed by atoms with Gasteiger partial charge in [-0.25, -0.2) is 0 Å². The number of hydrogen-bond donors (Lipinski definition) is 1. The van der Waals surface area contributed by atoms with Gasteiger partial charge in [0.2, 0.25) is 0 Å². The molecule has 2 aromatic rings. The van der Waals surface area contributed by atoms with Crippen molar-refractivity contribution < 1.29 is 5.11 Å². The average Bonchev–Trinajstić information content (AvgIpc) is 2.40. The number of benzene rings is 2. The Kier molecular flexibility index (Phi) is 3.31. The number of aliphatic hydroxyl groups excluding tert-OH is 1. The first-order valence-electron chi connectivity index (χ1n) is 6.08. The maximum atomic E-state index is 9.30. The van der Waals surface area contributed by atoms with Crippen molar-refractivity contribution in [3.05, 3.63) is 48.0 Å². The molecule has 0 aromatic heterocycles. The number of rotatable bonds is 2. The van der Waals surface area contributed by atoms with Crippen molar-refractivity contribution in [1.29, 1.82) is 0 Å². The zero-order valence-corrected chi connectivity index (χ0v) is 13.2. The van der Waals surface area contributed by atoms with Crippen LogP contribution >= 0.6 is 0 Å². The van der Waals surface area contributed by atoms with Gasteiger partial charge >= 0.3 is 118 Å². The zero-order valence-electron chi connectivity index (χ0n) is 10.4. The topological polar surface area (TPSA) is 23.5 Å². The third-order valence-corrected chi connectivity index (χ3v) is 6.15. The van der Waals surface area contributed by atoms with Gasteiger partial charge in [-0.2, -0.15) is 0 Å². The van der Waals surface area contributed by atoms with Crippen LogP contribution in [0.5, 0.6) is 0 Å². The molecule has 2 aromatic carbocycles. The van der Waals surface area contributed by atoms with Crippen LogP contribution in [0.2, 0.25) is 0 Å². The Labute approximate surface area is 117 Å². The SMILES string of the molecule is CN1Cc2ccccc2-c2[c]([Sn][CH2]O)cccc21. The summed E-state index contributed by atoms with van der Waals surface area (Å²) < 4.78 is 1.77. The summed E-state index contributed by atoms with van der Waals surface area (Å²) in [6.07, 6.45) is 0. The van der Waals surface area contributed by atoms with Crippen LogP contribution in [0.25, 0.3) is 11.1 Å². The fourth-order valence-electron chi connectivity index (χ4n) is 2.62. The molecule has 2 radical (unpaired) electrons. The van der Waals surface area contributed by atoms with Crippen molar-refractivity contribution in [2.75, 3.05) is 16.6 Å². The predicted molar refractivity (Wildman–Crippen MR) is 76.5 cm³/mol. The molecule has 0 unspecified atom stereocenters. The number of anilines is 1. The van der Waals surface area contributed by atoms with Gasteiger partial charge in [0.05, 0.1) is 0 Å². The number of aliphatic hydroxyl groups is 1. The Hall–Kier alpha value is -1.00. The van der Waals surface area contributed by atoms with Gasteiger partial charge in [0.15, 0.2) is 0 Å². The van der Waals surface area contributed by atoms with E-state index in [1.807, 2.05) is 0 Å².